The van der Waals surface area contributed by atoms with E-state index < -0.39 is 18.6 Å². The number of hydrogen-bond donors (Lipinski definition) is 3. The molecule has 2 amide bonds. The number of amides is 2. The number of halogens is 1. The van der Waals surface area contributed by atoms with Gasteiger partial charge in [-0.1, -0.05) is 11.6 Å². The Morgan fingerprint density at radius 1 is 1.50 bits per heavy atom. The quantitative estimate of drug-likeness (QED) is 0.698. The Balaban J connectivity index is 2.17. The molecule has 6 nitrogen and oxygen atoms in total. The van der Waals surface area contributed by atoms with Gasteiger partial charge in [-0.2, -0.15) is 0 Å². The minimum absolute atomic E-state index is 0.305. The molecule has 0 aromatic carbocycles. The SMILES string of the molecule is O=C(O)CONC(=O)NCc1ccc(Cl)s1. The summed E-state index contributed by atoms with van der Waals surface area (Å²) in [6.45, 7) is -0.280. The predicted octanol–water partition coefficient (Wildman–Crippen LogP) is 1.22. The smallest absolute Gasteiger partial charge is 0.339 e. The molecule has 8 heteroatoms. The summed E-state index contributed by atoms with van der Waals surface area (Å²) in [7, 11) is 0. The van der Waals surface area contributed by atoms with Gasteiger partial charge in [0.25, 0.3) is 0 Å². The number of hydroxylamine groups is 1. The lowest BCUT2D eigenvalue weighted by atomic mass is 10.5. The van der Waals surface area contributed by atoms with Gasteiger partial charge in [0.1, 0.15) is 0 Å². The first-order valence-corrected chi connectivity index (χ1v) is 5.39. The van der Waals surface area contributed by atoms with E-state index in [1.54, 1.807) is 12.1 Å². The summed E-state index contributed by atoms with van der Waals surface area (Å²) in [5.74, 6) is -1.16. The van der Waals surface area contributed by atoms with Crippen LogP contribution in [0, 0.1) is 0 Å². The van der Waals surface area contributed by atoms with Gasteiger partial charge in [-0.25, -0.2) is 15.1 Å². The van der Waals surface area contributed by atoms with Crippen molar-refractivity contribution in [1.29, 1.82) is 0 Å². The van der Waals surface area contributed by atoms with E-state index in [9.17, 15) is 9.59 Å². The molecule has 0 unspecified atom stereocenters. The number of carboxylic acids is 1. The maximum absolute atomic E-state index is 11.0. The van der Waals surface area contributed by atoms with Gasteiger partial charge in [0, 0.05) is 4.88 Å². The Labute approximate surface area is 100 Å². The predicted molar refractivity (Wildman–Crippen MR) is 58.3 cm³/mol. The van der Waals surface area contributed by atoms with Crippen molar-refractivity contribution in [2.24, 2.45) is 0 Å². The van der Waals surface area contributed by atoms with Gasteiger partial charge in [-0.05, 0) is 12.1 Å². The highest BCUT2D eigenvalue weighted by Crippen LogP contribution is 2.20. The van der Waals surface area contributed by atoms with E-state index in [0.29, 0.717) is 10.9 Å². The molecule has 0 atom stereocenters. The molecule has 1 rings (SSSR count). The van der Waals surface area contributed by atoms with Crippen LogP contribution in [0.3, 0.4) is 0 Å². The third-order valence-electron chi connectivity index (χ3n) is 1.41. The molecule has 0 aliphatic rings. The Kier molecular flexibility index (Phi) is 5.03. The van der Waals surface area contributed by atoms with Crippen LogP contribution >= 0.6 is 22.9 Å². The van der Waals surface area contributed by atoms with Crippen LogP contribution in [0.2, 0.25) is 4.34 Å². The molecule has 1 aromatic rings. The topological polar surface area (TPSA) is 87.7 Å². The summed E-state index contributed by atoms with van der Waals surface area (Å²) in [6, 6.07) is 2.90. The third-order valence-corrected chi connectivity index (χ3v) is 2.64. The van der Waals surface area contributed by atoms with E-state index >= 15 is 0 Å². The van der Waals surface area contributed by atoms with Crippen LogP contribution < -0.4 is 10.8 Å². The molecular weight excluding hydrogens is 256 g/mol. The van der Waals surface area contributed by atoms with Gasteiger partial charge in [-0.3, -0.25) is 4.84 Å². The number of urea groups is 1. The van der Waals surface area contributed by atoms with Crippen LogP contribution in [0.5, 0.6) is 0 Å². The fourth-order valence-corrected chi connectivity index (χ4v) is 1.84. The lowest BCUT2D eigenvalue weighted by Crippen LogP contribution is -2.36. The Hall–Kier alpha value is -1.31. The van der Waals surface area contributed by atoms with Gasteiger partial charge >= 0.3 is 12.0 Å². The lowest BCUT2D eigenvalue weighted by molar-refractivity contribution is -0.144. The minimum atomic E-state index is -1.16. The molecule has 0 aliphatic carbocycles. The van der Waals surface area contributed by atoms with E-state index in [4.69, 9.17) is 16.7 Å². The van der Waals surface area contributed by atoms with Crippen molar-refractivity contribution in [2.45, 2.75) is 6.54 Å². The van der Waals surface area contributed by atoms with E-state index in [0.717, 1.165) is 4.88 Å². The third kappa shape index (κ3) is 4.96. The van der Waals surface area contributed by atoms with Crippen molar-refractivity contribution in [3.63, 3.8) is 0 Å². The molecule has 0 radical (unpaired) electrons. The maximum atomic E-state index is 11.0. The van der Waals surface area contributed by atoms with Gasteiger partial charge in [-0.15, -0.1) is 11.3 Å². The number of aliphatic carboxylic acids is 1. The number of carboxylic acid groups (broad SMARTS) is 1. The first-order chi connectivity index (χ1) is 7.58. The first-order valence-electron chi connectivity index (χ1n) is 4.19. The zero-order valence-corrected chi connectivity index (χ0v) is 9.60. The molecule has 3 N–H and O–H groups in total. The molecular formula is C8H9ClN2O4S. The molecule has 88 valence electrons. The monoisotopic (exact) mass is 264 g/mol. The van der Waals surface area contributed by atoms with Crippen LogP contribution in [0.25, 0.3) is 0 Å². The van der Waals surface area contributed by atoms with E-state index in [2.05, 4.69) is 10.2 Å². The molecule has 0 aliphatic heterocycles. The molecule has 16 heavy (non-hydrogen) atoms. The number of nitrogens with one attached hydrogen (secondary N) is 2. The van der Waals surface area contributed by atoms with E-state index in [-0.39, 0.29) is 0 Å². The van der Waals surface area contributed by atoms with Crippen molar-refractivity contribution in [1.82, 2.24) is 10.8 Å². The highest BCUT2D eigenvalue weighted by Gasteiger charge is 2.03. The number of carbonyl (C=O) groups is 2. The second-order valence-corrected chi connectivity index (χ2v) is 4.47. The maximum Gasteiger partial charge on any atom is 0.339 e. The van der Waals surface area contributed by atoms with Crippen molar-refractivity contribution < 1.29 is 19.5 Å². The normalized spacial score (nSPS) is 9.81. The number of rotatable bonds is 5. The summed E-state index contributed by atoms with van der Waals surface area (Å²) >= 11 is 7.04. The lowest BCUT2D eigenvalue weighted by Gasteiger charge is -2.04. The second-order valence-electron chi connectivity index (χ2n) is 2.67. The van der Waals surface area contributed by atoms with Crippen LogP contribution in [-0.4, -0.2) is 23.7 Å². The standard InChI is InChI=1S/C8H9ClN2O4S/c9-6-2-1-5(16-6)3-10-8(14)11-15-4-7(12)13/h1-2H,3-4H2,(H,12,13)(H2,10,11,14). The van der Waals surface area contributed by atoms with Gasteiger partial charge in [0.2, 0.25) is 0 Å². The highest BCUT2D eigenvalue weighted by molar-refractivity contribution is 7.16. The fourth-order valence-electron chi connectivity index (χ4n) is 0.814. The van der Waals surface area contributed by atoms with Crippen LogP contribution in [0.1, 0.15) is 4.88 Å². The number of hydrogen-bond acceptors (Lipinski definition) is 4. The first kappa shape index (κ1) is 12.8. The summed E-state index contributed by atoms with van der Waals surface area (Å²) < 4.78 is 0.638. The largest absolute Gasteiger partial charge is 0.479 e. The summed E-state index contributed by atoms with van der Waals surface area (Å²) in [5, 5.41) is 10.7. The average molecular weight is 265 g/mol. The average Bonchev–Trinajstić information content (AvgIpc) is 2.61. The van der Waals surface area contributed by atoms with Crippen molar-refractivity contribution in [3.05, 3.63) is 21.3 Å². The molecule has 1 aromatic heterocycles. The minimum Gasteiger partial charge on any atom is -0.479 e. The van der Waals surface area contributed by atoms with Gasteiger partial charge in [0.05, 0.1) is 10.9 Å². The molecule has 0 saturated heterocycles. The van der Waals surface area contributed by atoms with Crippen LogP contribution in [-0.2, 0) is 16.2 Å². The summed E-state index contributed by atoms with van der Waals surface area (Å²) in [6.07, 6.45) is 0. The Morgan fingerprint density at radius 2 is 2.25 bits per heavy atom. The van der Waals surface area contributed by atoms with Crippen LogP contribution in [0.15, 0.2) is 12.1 Å². The zero-order chi connectivity index (χ0) is 12.0. The molecule has 0 fully saturated rings. The highest BCUT2D eigenvalue weighted by atomic mass is 35.5. The fraction of sp³-hybridized carbons (Fsp3) is 0.250. The molecule has 0 bridgehead atoms. The molecule has 1 heterocycles. The summed E-state index contributed by atoms with van der Waals surface area (Å²) in [4.78, 5) is 26.3. The van der Waals surface area contributed by atoms with Crippen molar-refractivity contribution in [2.75, 3.05) is 6.61 Å². The molecule has 0 saturated carbocycles. The number of thiophene rings is 1. The van der Waals surface area contributed by atoms with E-state index in [1.165, 1.54) is 11.3 Å². The number of carbonyl (C=O) groups excluding carboxylic acids is 1. The van der Waals surface area contributed by atoms with Crippen LogP contribution in [0.4, 0.5) is 4.79 Å². The van der Waals surface area contributed by atoms with Gasteiger partial charge in [0.15, 0.2) is 6.61 Å². The Morgan fingerprint density at radius 3 is 2.81 bits per heavy atom. The van der Waals surface area contributed by atoms with Gasteiger partial charge < -0.3 is 10.4 Å². The summed E-state index contributed by atoms with van der Waals surface area (Å²) in [5.41, 5.74) is 1.93. The van der Waals surface area contributed by atoms with Crippen molar-refractivity contribution >= 4 is 34.9 Å². The second kappa shape index (κ2) is 6.31. The Bertz CT molecular complexity index is 382. The van der Waals surface area contributed by atoms with Crippen molar-refractivity contribution in [3.8, 4) is 0 Å². The molecule has 0 spiro atoms. The zero-order valence-electron chi connectivity index (χ0n) is 8.03. The van der Waals surface area contributed by atoms with E-state index in [1.807, 2.05) is 5.48 Å².